The topological polar surface area (TPSA) is 94.9 Å². The lowest BCUT2D eigenvalue weighted by Gasteiger charge is -2.10. The lowest BCUT2D eigenvalue weighted by Crippen LogP contribution is -2.09. The van der Waals surface area contributed by atoms with Crippen LogP contribution in [-0.4, -0.2) is 33.3 Å². The molecule has 0 spiro atoms. The van der Waals surface area contributed by atoms with Gasteiger partial charge in [0.05, 0.1) is 26.9 Å². The highest BCUT2D eigenvalue weighted by molar-refractivity contribution is 5.98. The molecule has 0 aromatic heterocycles. The molecule has 0 fully saturated rings. The second-order valence-corrected chi connectivity index (χ2v) is 5.19. The SMILES string of the molecule is COC(=O)/C(C#N)=C/c1ccc(OC(=O)c2ccc(OC)cc2)c(OC)c1. The van der Waals surface area contributed by atoms with Gasteiger partial charge in [-0.3, -0.25) is 0 Å². The van der Waals surface area contributed by atoms with Crippen molar-refractivity contribution in [2.45, 2.75) is 0 Å². The van der Waals surface area contributed by atoms with E-state index in [2.05, 4.69) is 4.74 Å². The van der Waals surface area contributed by atoms with Gasteiger partial charge in [-0.05, 0) is 48.0 Å². The van der Waals surface area contributed by atoms with E-state index in [0.29, 0.717) is 16.9 Å². The molecule has 0 aliphatic rings. The fraction of sp³-hybridized carbons (Fsp3) is 0.150. The Balaban J connectivity index is 2.25. The van der Waals surface area contributed by atoms with Gasteiger partial charge >= 0.3 is 11.9 Å². The number of esters is 2. The Hall–Kier alpha value is -3.79. The molecule has 7 nitrogen and oxygen atoms in total. The van der Waals surface area contributed by atoms with Crippen LogP contribution in [-0.2, 0) is 9.53 Å². The number of hydrogen-bond donors (Lipinski definition) is 0. The summed E-state index contributed by atoms with van der Waals surface area (Å²) in [5, 5.41) is 9.02. The lowest BCUT2D eigenvalue weighted by atomic mass is 10.1. The third-order valence-corrected chi connectivity index (χ3v) is 3.55. The summed E-state index contributed by atoms with van der Waals surface area (Å²) in [4.78, 5) is 23.8. The molecule has 27 heavy (non-hydrogen) atoms. The minimum Gasteiger partial charge on any atom is -0.497 e. The Morgan fingerprint density at radius 2 is 1.67 bits per heavy atom. The van der Waals surface area contributed by atoms with Crippen LogP contribution in [0.3, 0.4) is 0 Å². The van der Waals surface area contributed by atoms with Crippen molar-refractivity contribution in [2.24, 2.45) is 0 Å². The van der Waals surface area contributed by atoms with Crippen LogP contribution in [0.1, 0.15) is 15.9 Å². The molecule has 0 aliphatic heterocycles. The molecular weight excluding hydrogens is 350 g/mol. The molecule has 0 amide bonds. The number of carbonyl (C=O) groups excluding carboxylic acids is 2. The van der Waals surface area contributed by atoms with Crippen molar-refractivity contribution < 1.29 is 28.5 Å². The van der Waals surface area contributed by atoms with Gasteiger partial charge in [0.2, 0.25) is 0 Å². The minimum atomic E-state index is -0.744. The summed E-state index contributed by atoms with van der Waals surface area (Å²) in [5.41, 5.74) is 0.694. The van der Waals surface area contributed by atoms with E-state index >= 15 is 0 Å². The highest BCUT2D eigenvalue weighted by Crippen LogP contribution is 2.30. The molecule has 138 valence electrons. The van der Waals surface area contributed by atoms with Crippen molar-refractivity contribution >= 4 is 18.0 Å². The van der Waals surface area contributed by atoms with Crippen LogP contribution < -0.4 is 14.2 Å². The van der Waals surface area contributed by atoms with E-state index in [-0.39, 0.29) is 17.1 Å². The van der Waals surface area contributed by atoms with Crippen molar-refractivity contribution in [3.8, 4) is 23.3 Å². The second-order valence-electron chi connectivity index (χ2n) is 5.19. The summed E-state index contributed by atoms with van der Waals surface area (Å²) in [6.07, 6.45) is 1.35. The first-order valence-corrected chi connectivity index (χ1v) is 7.76. The Bertz CT molecular complexity index is 909. The molecule has 0 bridgehead atoms. The maximum Gasteiger partial charge on any atom is 0.348 e. The fourth-order valence-electron chi connectivity index (χ4n) is 2.16. The molecule has 0 unspecified atom stereocenters. The largest absolute Gasteiger partial charge is 0.497 e. The van der Waals surface area contributed by atoms with Gasteiger partial charge in [-0.2, -0.15) is 5.26 Å². The predicted molar refractivity (Wildman–Crippen MR) is 96.6 cm³/mol. The monoisotopic (exact) mass is 367 g/mol. The molecule has 0 N–H and O–H groups in total. The summed E-state index contributed by atoms with van der Waals surface area (Å²) >= 11 is 0. The third kappa shape index (κ3) is 4.86. The number of carbonyl (C=O) groups is 2. The maximum absolute atomic E-state index is 12.3. The van der Waals surface area contributed by atoms with Crippen LogP contribution in [0.5, 0.6) is 17.2 Å². The number of rotatable bonds is 6. The Morgan fingerprint density at radius 3 is 2.22 bits per heavy atom. The summed E-state index contributed by atoms with van der Waals surface area (Å²) in [7, 11) is 4.14. The molecule has 0 aliphatic carbocycles. The molecule has 0 radical (unpaired) electrons. The van der Waals surface area contributed by atoms with E-state index in [0.717, 1.165) is 0 Å². The van der Waals surface area contributed by atoms with Gasteiger partial charge in [0.25, 0.3) is 0 Å². The summed E-state index contributed by atoms with van der Waals surface area (Å²) < 4.78 is 20.2. The van der Waals surface area contributed by atoms with Crippen LogP contribution in [0, 0.1) is 11.3 Å². The lowest BCUT2D eigenvalue weighted by molar-refractivity contribution is -0.135. The van der Waals surface area contributed by atoms with Gasteiger partial charge in [-0.1, -0.05) is 6.07 Å². The van der Waals surface area contributed by atoms with Gasteiger partial charge < -0.3 is 18.9 Å². The normalized spacial score (nSPS) is 10.5. The standard InChI is InChI=1S/C20H17NO6/c1-24-16-7-5-14(6-8-16)20(23)27-17-9-4-13(11-18(17)25-2)10-15(12-21)19(22)26-3/h4-11H,1-3H3/b15-10+. The molecule has 0 atom stereocenters. The van der Waals surface area contributed by atoms with Gasteiger partial charge in [-0.25, -0.2) is 9.59 Å². The van der Waals surface area contributed by atoms with Crippen LogP contribution in [0.4, 0.5) is 0 Å². The molecule has 7 heteroatoms. The van der Waals surface area contributed by atoms with Crippen molar-refractivity contribution in [2.75, 3.05) is 21.3 Å². The molecule has 0 heterocycles. The molecule has 2 aromatic rings. The van der Waals surface area contributed by atoms with Gasteiger partial charge in [0.15, 0.2) is 11.5 Å². The van der Waals surface area contributed by atoms with E-state index in [1.54, 1.807) is 36.4 Å². The summed E-state index contributed by atoms with van der Waals surface area (Å²) in [6.45, 7) is 0. The molecular formula is C20H17NO6. The first-order chi connectivity index (χ1) is 13.0. The van der Waals surface area contributed by atoms with Crippen molar-refractivity contribution in [3.63, 3.8) is 0 Å². The van der Waals surface area contributed by atoms with Crippen LogP contribution in [0.25, 0.3) is 6.08 Å². The Kier molecular flexibility index (Phi) is 6.55. The van der Waals surface area contributed by atoms with E-state index in [4.69, 9.17) is 19.5 Å². The van der Waals surface area contributed by atoms with E-state index in [9.17, 15) is 9.59 Å². The predicted octanol–water partition coefficient (Wildman–Crippen LogP) is 3.00. The number of ether oxygens (including phenoxy) is 4. The highest BCUT2D eigenvalue weighted by atomic mass is 16.6. The summed E-state index contributed by atoms with van der Waals surface area (Å²) in [6, 6.07) is 12.9. The fourth-order valence-corrected chi connectivity index (χ4v) is 2.16. The van der Waals surface area contributed by atoms with E-state index < -0.39 is 11.9 Å². The average molecular weight is 367 g/mol. The first-order valence-electron chi connectivity index (χ1n) is 7.76. The number of hydrogen-bond acceptors (Lipinski definition) is 7. The number of nitrogens with zero attached hydrogens (tertiary/aromatic N) is 1. The van der Waals surface area contributed by atoms with E-state index in [1.165, 1.54) is 39.5 Å². The average Bonchev–Trinajstić information content (AvgIpc) is 2.72. The number of benzene rings is 2. The van der Waals surface area contributed by atoms with Crippen molar-refractivity contribution in [3.05, 3.63) is 59.2 Å². The minimum absolute atomic E-state index is 0.164. The Morgan fingerprint density at radius 1 is 0.963 bits per heavy atom. The molecule has 0 saturated carbocycles. The van der Waals surface area contributed by atoms with Gasteiger partial charge in [-0.15, -0.1) is 0 Å². The summed E-state index contributed by atoms with van der Waals surface area (Å²) in [5.74, 6) is -0.211. The quantitative estimate of drug-likeness (QED) is 0.335. The maximum atomic E-state index is 12.3. The van der Waals surface area contributed by atoms with Gasteiger partial charge in [0.1, 0.15) is 17.4 Å². The van der Waals surface area contributed by atoms with Crippen LogP contribution in [0.2, 0.25) is 0 Å². The zero-order chi connectivity index (χ0) is 19.8. The molecule has 2 rings (SSSR count). The third-order valence-electron chi connectivity index (χ3n) is 3.55. The highest BCUT2D eigenvalue weighted by Gasteiger charge is 2.14. The Labute approximate surface area is 156 Å². The van der Waals surface area contributed by atoms with Crippen LogP contribution in [0.15, 0.2) is 48.0 Å². The second kappa shape index (κ2) is 9.06. The van der Waals surface area contributed by atoms with Crippen molar-refractivity contribution in [1.82, 2.24) is 0 Å². The number of nitriles is 1. The molecule has 0 saturated heterocycles. The molecule has 2 aromatic carbocycles. The number of methoxy groups -OCH3 is 3. The zero-order valence-corrected chi connectivity index (χ0v) is 15.0. The van der Waals surface area contributed by atoms with Gasteiger partial charge in [0, 0.05) is 0 Å². The van der Waals surface area contributed by atoms with E-state index in [1.807, 2.05) is 0 Å². The van der Waals surface area contributed by atoms with Crippen LogP contribution >= 0.6 is 0 Å². The smallest absolute Gasteiger partial charge is 0.348 e. The first kappa shape index (κ1) is 19.5. The van der Waals surface area contributed by atoms with Crippen molar-refractivity contribution in [1.29, 1.82) is 5.26 Å². The zero-order valence-electron chi connectivity index (χ0n) is 15.0.